The fourth-order valence-electron chi connectivity index (χ4n) is 2.23. The van der Waals surface area contributed by atoms with Gasteiger partial charge in [0.2, 0.25) is 0 Å². The van der Waals surface area contributed by atoms with Crippen LogP contribution >= 0.6 is 11.6 Å². The van der Waals surface area contributed by atoms with Gasteiger partial charge in [0.25, 0.3) is 5.91 Å². The molecule has 0 aliphatic rings. The number of para-hydroxylation sites is 1. The second-order valence-electron chi connectivity index (χ2n) is 5.36. The van der Waals surface area contributed by atoms with E-state index in [1.807, 2.05) is 44.2 Å². The minimum absolute atomic E-state index is 0.166. The summed E-state index contributed by atoms with van der Waals surface area (Å²) < 4.78 is 5.96. The Hall–Kier alpha value is -2.00. The molecule has 0 radical (unpaired) electrons. The Kier molecular flexibility index (Phi) is 5.45. The molecule has 4 heteroatoms. The summed E-state index contributed by atoms with van der Waals surface area (Å²) in [5, 5.41) is 3.53. The molecule has 3 nitrogen and oxygen atoms in total. The summed E-state index contributed by atoms with van der Waals surface area (Å²) in [5.41, 5.74) is -0.219. The second-order valence-corrected chi connectivity index (χ2v) is 5.79. The lowest BCUT2D eigenvalue weighted by Crippen LogP contribution is -2.45. The Labute approximate surface area is 136 Å². The molecule has 1 N–H and O–H groups in total. The molecule has 1 atom stereocenters. The smallest absolute Gasteiger partial charge is 0.268 e. The van der Waals surface area contributed by atoms with Crippen molar-refractivity contribution in [2.75, 3.05) is 5.32 Å². The van der Waals surface area contributed by atoms with Gasteiger partial charge in [-0.05, 0) is 49.7 Å². The van der Waals surface area contributed by atoms with Gasteiger partial charge in [-0.3, -0.25) is 4.79 Å². The number of rotatable bonds is 6. The Morgan fingerprint density at radius 3 is 2.36 bits per heavy atom. The summed E-state index contributed by atoms with van der Waals surface area (Å²) in [5.74, 6) is 0.519. The van der Waals surface area contributed by atoms with Gasteiger partial charge in [-0.1, -0.05) is 43.1 Å². The van der Waals surface area contributed by atoms with Crippen LogP contribution in [0.2, 0.25) is 5.02 Å². The summed E-state index contributed by atoms with van der Waals surface area (Å²) in [6.45, 7) is 3.84. The van der Waals surface area contributed by atoms with E-state index in [-0.39, 0.29) is 5.91 Å². The first kappa shape index (κ1) is 16.4. The molecule has 22 heavy (non-hydrogen) atoms. The largest absolute Gasteiger partial charge is 0.478 e. The molecule has 1 amide bonds. The lowest BCUT2D eigenvalue weighted by atomic mass is 9.98. The summed E-state index contributed by atoms with van der Waals surface area (Å²) in [6.07, 6.45) is 1.47. The highest BCUT2D eigenvalue weighted by Gasteiger charge is 2.34. The molecule has 0 saturated carbocycles. The third kappa shape index (κ3) is 4.25. The molecule has 0 aliphatic carbocycles. The second kappa shape index (κ2) is 7.32. The van der Waals surface area contributed by atoms with E-state index in [4.69, 9.17) is 16.3 Å². The van der Waals surface area contributed by atoms with E-state index in [1.165, 1.54) is 0 Å². The topological polar surface area (TPSA) is 38.3 Å². The zero-order valence-corrected chi connectivity index (χ0v) is 13.6. The molecule has 2 rings (SSSR count). The zero-order chi connectivity index (χ0) is 16.0. The summed E-state index contributed by atoms with van der Waals surface area (Å²) >= 11 is 5.86. The number of hydrogen-bond donors (Lipinski definition) is 1. The molecule has 0 spiro atoms. The van der Waals surface area contributed by atoms with Crippen molar-refractivity contribution in [1.82, 2.24) is 0 Å². The van der Waals surface area contributed by atoms with E-state index < -0.39 is 5.60 Å². The quantitative estimate of drug-likeness (QED) is 0.821. The van der Waals surface area contributed by atoms with Crippen LogP contribution in [-0.4, -0.2) is 11.5 Å². The van der Waals surface area contributed by atoms with Crippen LogP contribution in [0.5, 0.6) is 5.75 Å². The van der Waals surface area contributed by atoms with Crippen molar-refractivity contribution in [3.05, 3.63) is 59.6 Å². The number of nitrogens with one attached hydrogen (secondary N) is 1. The maximum absolute atomic E-state index is 12.6. The van der Waals surface area contributed by atoms with Crippen molar-refractivity contribution in [1.29, 1.82) is 0 Å². The molecular formula is C18H20ClNO2. The van der Waals surface area contributed by atoms with Crippen LogP contribution in [0.1, 0.15) is 26.7 Å². The molecule has 116 valence electrons. The Morgan fingerprint density at radius 1 is 1.14 bits per heavy atom. The zero-order valence-electron chi connectivity index (χ0n) is 12.8. The number of halogens is 1. The third-order valence-electron chi connectivity index (χ3n) is 3.40. The average Bonchev–Trinajstić information content (AvgIpc) is 2.50. The number of carbonyl (C=O) groups is 1. The van der Waals surface area contributed by atoms with Crippen LogP contribution in [0, 0.1) is 0 Å². The van der Waals surface area contributed by atoms with Crippen molar-refractivity contribution in [2.45, 2.75) is 32.3 Å². The van der Waals surface area contributed by atoms with Gasteiger partial charge in [0.15, 0.2) is 5.60 Å². The molecule has 2 aromatic carbocycles. The van der Waals surface area contributed by atoms with Gasteiger partial charge in [-0.2, -0.15) is 0 Å². The fourth-order valence-corrected chi connectivity index (χ4v) is 2.36. The average molecular weight is 318 g/mol. The van der Waals surface area contributed by atoms with Gasteiger partial charge in [0, 0.05) is 10.7 Å². The van der Waals surface area contributed by atoms with E-state index in [1.54, 1.807) is 24.3 Å². The SMILES string of the molecule is CCCC(C)(Oc1ccccc1)C(=O)Nc1ccc(Cl)cc1. The number of anilines is 1. The Morgan fingerprint density at radius 2 is 1.77 bits per heavy atom. The minimum Gasteiger partial charge on any atom is -0.478 e. The molecule has 2 aromatic rings. The van der Waals surface area contributed by atoms with Crippen molar-refractivity contribution >= 4 is 23.2 Å². The van der Waals surface area contributed by atoms with Gasteiger partial charge in [-0.15, -0.1) is 0 Å². The summed E-state index contributed by atoms with van der Waals surface area (Å²) in [7, 11) is 0. The normalized spacial score (nSPS) is 13.2. The van der Waals surface area contributed by atoms with Crippen molar-refractivity contribution in [3.63, 3.8) is 0 Å². The first-order valence-corrected chi connectivity index (χ1v) is 7.72. The van der Waals surface area contributed by atoms with E-state index >= 15 is 0 Å². The molecular weight excluding hydrogens is 298 g/mol. The standard InChI is InChI=1S/C18H20ClNO2/c1-3-13-18(2,22-16-7-5-4-6-8-16)17(21)20-15-11-9-14(19)10-12-15/h4-12H,3,13H2,1-2H3,(H,20,21). The van der Waals surface area contributed by atoms with E-state index in [9.17, 15) is 4.79 Å². The maximum Gasteiger partial charge on any atom is 0.268 e. The van der Waals surface area contributed by atoms with Crippen LogP contribution in [0.25, 0.3) is 0 Å². The maximum atomic E-state index is 12.6. The lowest BCUT2D eigenvalue weighted by Gasteiger charge is -2.29. The predicted molar refractivity (Wildman–Crippen MR) is 90.5 cm³/mol. The number of ether oxygens (including phenoxy) is 1. The lowest BCUT2D eigenvalue weighted by molar-refractivity contribution is -0.130. The number of carbonyl (C=O) groups excluding carboxylic acids is 1. The molecule has 0 aliphatic heterocycles. The molecule has 0 heterocycles. The number of benzene rings is 2. The van der Waals surface area contributed by atoms with E-state index in [0.717, 1.165) is 6.42 Å². The molecule has 0 fully saturated rings. The van der Waals surface area contributed by atoms with Crippen LogP contribution in [0.15, 0.2) is 54.6 Å². The van der Waals surface area contributed by atoms with Crippen LogP contribution in [-0.2, 0) is 4.79 Å². The summed E-state index contributed by atoms with van der Waals surface area (Å²) in [4.78, 5) is 12.6. The molecule has 0 aromatic heterocycles. The third-order valence-corrected chi connectivity index (χ3v) is 3.65. The van der Waals surface area contributed by atoms with E-state index in [0.29, 0.717) is 22.9 Å². The van der Waals surface area contributed by atoms with Gasteiger partial charge < -0.3 is 10.1 Å². The highest BCUT2D eigenvalue weighted by Crippen LogP contribution is 2.24. The minimum atomic E-state index is -0.921. The van der Waals surface area contributed by atoms with Crippen LogP contribution in [0.4, 0.5) is 5.69 Å². The molecule has 0 bridgehead atoms. The van der Waals surface area contributed by atoms with Crippen molar-refractivity contribution < 1.29 is 9.53 Å². The first-order chi connectivity index (χ1) is 10.5. The Balaban J connectivity index is 2.14. The first-order valence-electron chi connectivity index (χ1n) is 7.34. The highest BCUT2D eigenvalue weighted by atomic mass is 35.5. The van der Waals surface area contributed by atoms with Gasteiger partial charge in [0.05, 0.1) is 0 Å². The highest BCUT2D eigenvalue weighted by molar-refractivity contribution is 6.30. The molecule has 0 saturated heterocycles. The molecule has 1 unspecified atom stereocenters. The fraction of sp³-hybridized carbons (Fsp3) is 0.278. The van der Waals surface area contributed by atoms with Crippen LogP contribution in [0.3, 0.4) is 0 Å². The van der Waals surface area contributed by atoms with Crippen molar-refractivity contribution in [2.24, 2.45) is 0 Å². The predicted octanol–water partition coefficient (Wildman–Crippen LogP) is 4.92. The van der Waals surface area contributed by atoms with E-state index in [2.05, 4.69) is 5.32 Å². The number of hydrogen-bond acceptors (Lipinski definition) is 2. The summed E-state index contributed by atoms with van der Waals surface area (Å²) in [6, 6.07) is 16.4. The Bertz CT molecular complexity index is 613. The van der Waals surface area contributed by atoms with Crippen LogP contribution < -0.4 is 10.1 Å². The van der Waals surface area contributed by atoms with Crippen molar-refractivity contribution in [3.8, 4) is 5.75 Å². The number of amides is 1. The van der Waals surface area contributed by atoms with Gasteiger partial charge in [-0.25, -0.2) is 0 Å². The van der Waals surface area contributed by atoms with Gasteiger partial charge >= 0.3 is 0 Å². The van der Waals surface area contributed by atoms with Gasteiger partial charge in [0.1, 0.15) is 5.75 Å². The monoisotopic (exact) mass is 317 g/mol.